The molecule has 0 amide bonds. The van der Waals surface area contributed by atoms with E-state index in [1.807, 2.05) is 0 Å². The third-order valence-corrected chi connectivity index (χ3v) is 7.56. The van der Waals surface area contributed by atoms with Gasteiger partial charge in [-0.1, -0.05) is 117 Å². The SMILES string of the molecule is CCCCCCCCCCC(O)(CCCCCCCCCC)C(C)(C)N(CCO)CCO. The van der Waals surface area contributed by atoms with Crippen LogP contribution in [-0.2, 0) is 0 Å². The van der Waals surface area contributed by atoms with E-state index in [-0.39, 0.29) is 13.2 Å². The maximum absolute atomic E-state index is 11.9. The third-order valence-electron chi connectivity index (χ3n) is 7.56. The van der Waals surface area contributed by atoms with E-state index in [0.29, 0.717) is 13.1 Å². The summed E-state index contributed by atoms with van der Waals surface area (Å²) in [5.74, 6) is 0. The lowest BCUT2D eigenvalue weighted by atomic mass is 9.74. The fraction of sp³-hybridized carbons (Fsp3) is 1.00. The Morgan fingerprint density at radius 1 is 0.531 bits per heavy atom. The van der Waals surface area contributed by atoms with Gasteiger partial charge in [-0.25, -0.2) is 0 Å². The van der Waals surface area contributed by atoms with Crippen LogP contribution in [0, 0.1) is 0 Å². The van der Waals surface area contributed by atoms with E-state index in [9.17, 15) is 15.3 Å². The number of rotatable bonds is 24. The molecule has 194 valence electrons. The molecule has 0 aromatic heterocycles. The average Bonchev–Trinajstić information content (AvgIpc) is 2.77. The van der Waals surface area contributed by atoms with E-state index in [4.69, 9.17) is 0 Å². The molecule has 0 aliphatic carbocycles. The molecule has 4 heteroatoms. The van der Waals surface area contributed by atoms with Gasteiger partial charge in [-0.05, 0) is 26.7 Å². The van der Waals surface area contributed by atoms with Crippen molar-refractivity contribution in [2.75, 3.05) is 26.3 Å². The van der Waals surface area contributed by atoms with Gasteiger partial charge in [0.25, 0.3) is 0 Å². The van der Waals surface area contributed by atoms with Gasteiger partial charge in [0.15, 0.2) is 0 Å². The zero-order chi connectivity index (χ0) is 24.1. The minimum Gasteiger partial charge on any atom is -0.395 e. The summed E-state index contributed by atoms with van der Waals surface area (Å²) in [6.45, 7) is 9.80. The van der Waals surface area contributed by atoms with Crippen molar-refractivity contribution in [2.45, 2.75) is 154 Å². The largest absolute Gasteiger partial charge is 0.395 e. The molecule has 0 rings (SSSR count). The Balaban J connectivity index is 4.74. The van der Waals surface area contributed by atoms with Crippen LogP contribution in [0.1, 0.15) is 143 Å². The second-order valence-electron chi connectivity index (χ2n) is 10.5. The molecule has 0 spiro atoms. The summed E-state index contributed by atoms with van der Waals surface area (Å²) < 4.78 is 0. The lowest BCUT2D eigenvalue weighted by Gasteiger charge is -2.50. The van der Waals surface area contributed by atoms with Crippen molar-refractivity contribution in [1.29, 1.82) is 0 Å². The Morgan fingerprint density at radius 3 is 1.16 bits per heavy atom. The Labute approximate surface area is 201 Å². The molecule has 4 nitrogen and oxygen atoms in total. The first-order valence-electron chi connectivity index (χ1n) is 14.1. The van der Waals surface area contributed by atoms with Crippen LogP contribution in [-0.4, -0.2) is 57.7 Å². The van der Waals surface area contributed by atoms with E-state index in [1.165, 1.54) is 89.9 Å². The summed E-state index contributed by atoms with van der Waals surface area (Å²) in [4.78, 5) is 2.09. The van der Waals surface area contributed by atoms with Gasteiger partial charge in [0.05, 0.1) is 18.8 Å². The van der Waals surface area contributed by atoms with Gasteiger partial charge in [-0.3, -0.25) is 4.90 Å². The minimum absolute atomic E-state index is 0.0506. The molecule has 0 bridgehead atoms. The average molecular weight is 458 g/mol. The van der Waals surface area contributed by atoms with E-state index in [2.05, 4.69) is 32.6 Å². The molecule has 32 heavy (non-hydrogen) atoms. The van der Waals surface area contributed by atoms with Crippen LogP contribution in [0.3, 0.4) is 0 Å². The molecule has 0 saturated heterocycles. The van der Waals surface area contributed by atoms with Crippen LogP contribution < -0.4 is 0 Å². The normalized spacial score (nSPS) is 12.8. The highest BCUT2D eigenvalue weighted by Gasteiger charge is 2.45. The highest BCUT2D eigenvalue weighted by molar-refractivity contribution is 5.01. The zero-order valence-electron chi connectivity index (χ0n) is 22.3. The van der Waals surface area contributed by atoms with E-state index < -0.39 is 11.1 Å². The second-order valence-corrected chi connectivity index (χ2v) is 10.5. The number of β-amino-alcohol motifs (C(OH)–C–C–N with tert-alkyl or cyclic N) is 2. The van der Waals surface area contributed by atoms with Crippen LogP contribution in [0.4, 0.5) is 0 Å². The van der Waals surface area contributed by atoms with Crippen molar-refractivity contribution >= 4 is 0 Å². The monoisotopic (exact) mass is 457 g/mol. The molecule has 0 aliphatic heterocycles. The van der Waals surface area contributed by atoms with Crippen molar-refractivity contribution < 1.29 is 15.3 Å². The van der Waals surface area contributed by atoms with Crippen LogP contribution in [0.5, 0.6) is 0 Å². The molecule has 3 N–H and O–H groups in total. The summed E-state index contributed by atoms with van der Waals surface area (Å²) in [7, 11) is 0. The highest BCUT2D eigenvalue weighted by atomic mass is 16.3. The molecule has 0 atom stereocenters. The van der Waals surface area contributed by atoms with Crippen LogP contribution >= 0.6 is 0 Å². The van der Waals surface area contributed by atoms with Gasteiger partial charge < -0.3 is 15.3 Å². The summed E-state index contributed by atoms with van der Waals surface area (Å²) in [5.41, 5.74) is -1.26. The molecule has 0 unspecified atom stereocenters. The number of hydrogen-bond donors (Lipinski definition) is 3. The molecule has 0 heterocycles. The van der Waals surface area contributed by atoms with Gasteiger partial charge >= 0.3 is 0 Å². The van der Waals surface area contributed by atoms with Gasteiger partial charge in [-0.2, -0.15) is 0 Å². The van der Waals surface area contributed by atoms with Crippen LogP contribution in [0.2, 0.25) is 0 Å². The summed E-state index contributed by atoms with van der Waals surface area (Å²) in [6, 6.07) is 0. The minimum atomic E-state index is -0.790. The van der Waals surface area contributed by atoms with E-state index in [0.717, 1.165) is 25.7 Å². The van der Waals surface area contributed by atoms with Crippen molar-refractivity contribution in [3.63, 3.8) is 0 Å². The van der Waals surface area contributed by atoms with Crippen LogP contribution in [0.25, 0.3) is 0 Å². The van der Waals surface area contributed by atoms with Crippen molar-refractivity contribution in [3.05, 3.63) is 0 Å². The van der Waals surface area contributed by atoms with E-state index >= 15 is 0 Å². The predicted molar refractivity (Wildman–Crippen MR) is 139 cm³/mol. The molecular formula is C28H59NO3. The molecule has 0 radical (unpaired) electrons. The van der Waals surface area contributed by atoms with Gasteiger partial charge in [-0.15, -0.1) is 0 Å². The van der Waals surface area contributed by atoms with E-state index in [1.54, 1.807) is 0 Å². The first kappa shape index (κ1) is 31.8. The summed E-state index contributed by atoms with van der Waals surface area (Å²) >= 11 is 0. The molecular weight excluding hydrogens is 398 g/mol. The summed E-state index contributed by atoms with van der Waals surface area (Å²) in [5, 5.41) is 31.0. The smallest absolute Gasteiger partial charge is 0.0825 e. The maximum atomic E-state index is 11.9. The fourth-order valence-corrected chi connectivity index (χ4v) is 5.05. The number of hydrogen-bond acceptors (Lipinski definition) is 4. The molecule has 0 aromatic rings. The van der Waals surface area contributed by atoms with Crippen molar-refractivity contribution in [1.82, 2.24) is 4.90 Å². The van der Waals surface area contributed by atoms with Crippen molar-refractivity contribution in [3.8, 4) is 0 Å². The van der Waals surface area contributed by atoms with Crippen LogP contribution in [0.15, 0.2) is 0 Å². The topological polar surface area (TPSA) is 63.9 Å². The van der Waals surface area contributed by atoms with Crippen molar-refractivity contribution in [2.24, 2.45) is 0 Å². The molecule has 0 saturated carbocycles. The standard InChI is InChI=1S/C28H59NO3/c1-5-7-9-11-13-15-17-19-21-28(32,22-20-18-16-14-12-10-8-6-2)27(3,4)29(23-25-30)24-26-31/h30-32H,5-26H2,1-4H3. The first-order valence-corrected chi connectivity index (χ1v) is 14.1. The molecule has 0 aliphatic rings. The number of aliphatic hydroxyl groups excluding tert-OH is 2. The Morgan fingerprint density at radius 2 is 0.844 bits per heavy atom. The highest BCUT2D eigenvalue weighted by Crippen LogP contribution is 2.37. The lowest BCUT2D eigenvalue weighted by Crippen LogP contribution is -2.62. The molecule has 0 aromatic carbocycles. The Bertz CT molecular complexity index is 374. The number of aliphatic hydroxyl groups is 3. The quantitative estimate of drug-likeness (QED) is 0.139. The number of unbranched alkanes of at least 4 members (excludes halogenated alkanes) is 14. The lowest BCUT2D eigenvalue weighted by molar-refractivity contribution is -0.115. The Hall–Kier alpha value is -0.160. The third kappa shape index (κ3) is 13.5. The Kier molecular flexibility index (Phi) is 20.1. The fourth-order valence-electron chi connectivity index (χ4n) is 5.05. The van der Waals surface area contributed by atoms with Gasteiger partial charge in [0.2, 0.25) is 0 Å². The zero-order valence-corrected chi connectivity index (χ0v) is 22.3. The first-order chi connectivity index (χ1) is 15.4. The number of nitrogens with zero attached hydrogens (tertiary/aromatic N) is 1. The van der Waals surface area contributed by atoms with Gasteiger partial charge in [0.1, 0.15) is 0 Å². The second kappa shape index (κ2) is 20.2. The maximum Gasteiger partial charge on any atom is 0.0825 e. The predicted octanol–water partition coefficient (Wildman–Crippen LogP) is 6.84. The summed E-state index contributed by atoms with van der Waals surface area (Å²) in [6.07, 6.45) is 21.9. The molecule has 0 fully saturated rings. The van der Waals surface area contributed by atoms with Gasteiger partial charge in [0, 0.05) is 18.6 Å².